The van der Waals surface area contributed by atoms with Gasteiger partial charge in [-0.05, 0) is 0 Å². The fraction of sp³-hybridized carbons (Fsp3) is 1.00. The summed E-state index contributed by atoms with van der Waals surface area (Å²) in [6.07, 6.45) is -7.48. The van der Waals surface area contributed by atoms with Gasteiger partial charge >= 0.3 is 6.18 Å². The first kappa shape index (κ1) is 9.76. The van der Waals surface area contributed by atoms with Crippen LogP contribution in [0.5, 0.6) is 0 Å². The fourth-order valence-corrected chi connectivity index (χ4v) is 0.840. The van der Waals surface area contributed by atoms with Crippen LogP contribution in [-0.4, -0.2) is 36.9 Å². The molecule has 0 aromatic carbocycles. The van der Waals surface area contributed by atoms with E-state index < -0.39 is 25.0 Å². The smallest absolute Gasteiger partial charge is 0.388 e. The van der Waals surface area contributed by atoms with Crippen molar-refractivity contribution in [1.82, 2.24) is 0 Å². The zero-order valence-electron chi connectivity index (χ0n) is 6.17. The SMILES string of the molecule is OC1COC(CC(F)(F)F)OC1. The van der Waals surface area contributed by atoms with Gasteiger partial charge in [-0.15, -0.1) is 0 Å². The monoisotopic (exact) mass is 186 g/mol. The maximum absolute atomic E-state index is 11.7. The first-order chi connectivity index (χ1) is 5.47. The summed E-state index contributed by atoms with van der Waals surface area (Å²) in [5.41, 5.74) is 0. The van der Waals surface area contributed by atoms with Crippen LogP contribution >= 0.6 is 0 Å². The van der Waals surface area contributed by atoms with Crippen LogP contribution in [0.2, 0.25) is 0 Å². The van der Waals surface area contributed by atoms with Crippen molar-refractivity contribution < 1.29 is 27.8 Å². The lowest BCUT2D eigenvalue weighted by Crippen LogP contribution is -2.37. The van der Waals surface area contributed by atoms with E-state index in [2.05, 4.69) is 9.47 Å². The number of aliphatic hydroxyl groups is 1. The predicted octanol–water partition coefficient (Wildman–Crippen LogP) is 0.673. The molecule has 1 heterocycles. The summed E-state index contributed by atoms with van der Waals surface area (Å²) >= 11 is 0. The molecule has 12 heavy (non-hydrogen) atoms. The molecule has 6 heteroatoms. The zero-order valence-corrected chi connectivity index (χ0v) is 6.17. The molecule has 1 rings (SSSR count). The van der Waals surface area contributed by atoms with Crippen molar-refractivity contribution in [3.63, 3.8) is 0 Å². The van der Waals surface area contributed by atoms with E-state index in [9.17, 15) is 13.2 Å². The molecule has 0 aromatic rings. The second kappa shape index (κ2) is 3.59. The third kappa shape index (κ3) is 3.38. The highest BCUT2D eigenvalue weighted by atomic mass is 19.4. The Kier molecular flexibility index (Phi) is 2.92. The van der Waals surface area contributed by atoms with Crippen molar-refractivity contribution in [3.05, 3.63) is 0 Å². The van der Waals surface area contributed by atoms with E-state index >= 15 is 0 Å². The summed E-state index contributed by atoms with van der Waals surface area (Å²) in [4.78, 5) is 0. The molecular formula is C6H9F3O3. The highest BCUT2D eigenvalue weighted by molar-refractivity contribution is 4.63. The maximum Gasteiger partial charge on any atom is 0.393 e. The Morgan fingerprint density at radius 1 is 1.25 bits per heavy atom. The van der Waals surface area contributed by atoms with E-state index in [4.69, 9.17) is 5.11 Å². The average molecular weight is 186 g/mol. The van der Waals surface area contributed by atoms with Crippen LogP contribution in [0.15, 0.2) is 0 Å². The minimum atomic E-state index is -4.28. The van der Waals surface area contributed by atoms with E-state index in [-0.39, 0.29) is 13.2 Å². The van der Waals surface area contributed by atoms with Crippen LogP contribution in [0, 0.1) is 0 Å². The molecule has 3 nitrogen and oxygen atoms in total. The molecule has 1 saturated heterocycles. The number of aliphatic hydroxyl groups excluding tert-OH is 1. The Morgan fingerprint density at radius 2 is 1.75 bits per heavy atom. The summed E-state index contributed by atoms with van der Waals surface area (Å²) in [6.45, 7) is -0.193. The van der Waals surface area contributed by atoms with E-state index in [1.807, 2.05) is 0 Å². The molecule has 1 aliphatic rings. The van der Waals surface area contributed by atoms with Gasteiger partial charge in [0.2, 0.25) is 0 Å². The number of alkyl halides is 3. The van der Waals surface area contributed by atoms with Gasteiger partial charge in [-0.25, -0.2) is 0 Å². The van der Waals surface area contributed by atoms with E-state index in [0.717, 1.165) is 0 Å². The van der Waals surface area contributed by atoms with Crippen molar-refractivity contribution in [3.8, 4) is 0 Å². The van der Waals surface area contributed by atoms with Gasteiger partial charge in [0.25, 0.3) is 0 Å². The lowest BCUT2D eigenvalue weighted by Gasteiger charge is -2.27. The quantitative estimate of drug-likeness (QED) is 0.654. The molecule has 0 atom stereocenters. The molecule has 1 aliphatic heterocycles. The number of halogens is 3. The van der Waals surface area contributed by atoms with Crippen LogP contribution in [0.3, 0.4) is 0 Å². The summed E-state index contributed by atoms with van der Waals surface area (Å²) in [5.74, 6) is 0. The van der Waals surface area contributed by atoms with Crippen LogP contribution < -0.4 is 0 Å². The van der Waals surface area contributed by atoms with Gasteiger partial charge in [0.15, 0.2) is 6.29 Å². The van der Waals surface area contributed by atoms with Gasteiger partial charge in [-0.3, -0.25) is 0 Å². The Bertz CT molecular complexity index is 139. The Balaban J connectivity index is 2.26. The van der Waals surface area contributed by atoms with Crippen molar-refractivity contribution in [1.29, 1.82) is 0 Å². The molecule has 0 radical (unpaired) electrons. The molecule has 0 unspecified atom stereocenters. The molecule has 0 spiro atoms. The normalized spacial score (nSPS) is 32.0. The minimum absolute atomic E-state index is 0.0965. The van der Waals surface area contributed by atoms with E-state index in [0.29, 0.717) is 0 Å². The van der Waals surface area contributed by atoms with Crippen LogP contribution in [-0.2, 0) is 9.47 Å². The highest BCUT2D eigenvalue weighted by Crippen LogP contribution is 2.24. The first-order valence-corrected chi connectivity index (χ1v) is 3.45. The molecule has 0 aliphatic carbocycles. The van der Waals surface area contributed by atoms with Crippen LogP contribution in [0.25, 0.3) is 0 Å². The van der Waals surface area contributed by atoms with Gasteiger partial charge in [0, 0.05) is 0 Å². The summed E-state index contributed by atoms with van der Waals surface area (Å²) in [6, 6.07) is 0. The van der Waals surface area contributed by atoms with Gasteiger partial charge < -0.3 is 14.6 Å². The summed E-state index contributed by atoms with van der Waals surface area (Å²) in [7, 11) is 0. The number of hydrogen-bond acceptors (Lipinski definition) is 3. The molecule has 0 bridgehead atoms. The fourth-order valence-electron chi connectivity index (χ4n) is 0.840. The first-order valence-electron chi connectivity index (χ1n) is 3.45. The Morgan fingerprint density at radius 3 is 2.17 bits per heavy atom. The van der Waals surface area contributed by atoms with Crippen molar-refractivity contribution in [2.45, 2.75) is 25.0 Å². The lowest BCUT2D eigenvalue weighted by atomic mass is 10.3. The van der Waals surface area contributed by atoms with Crippen molar-refractivity contribution in [2.75, 3.05) is 13.2 Å². The van der Waals surface area contributed by atoms with E-state index in [1.165, 1.54) is 0 Å². The maximum atomic E-state index is 11.7. The van der Waals surface area contributed by atoms with E-state index in [1.54, 1.807) is 0 Å². The third-order valence-corrected chi connectivity index (χ3v) is 1.35. The molecular weight excluding hydrogens is 177 g/mol. The molecule has 1 N–H and O–H groups in total. The second-order valence-corrected chi connectivity index (χ2v) is 2.57. The molecule has 0 saturated carbocycles. The standard InChI is InChI=1S/C6H9F3O3/c7-6(8,9)1-5-11-2-4(10)3-12-5/h4-5,10H,1-3H2. The highest BCUT2D eigenvalue weighted by Gasteiger charge is 2.35. The minimum Gasteiger partial charge on any atom is -0.388 e. The number of ether oxygens (including phenoxy) is 2. The van der Waals surface area contributed by atoms with Crippen LogP contribution in [0.4, 0.5) is 13.2 Å². The molecule has 0 aromatic heterocycles. The molecule has 0 amide bonds. The summed E-state index contributed by atoms with van der Waals surface area (Å²) < 4.78 is 44.3. The lowest BCUT2D eigenvalue weighted by molar-refractivity contribution is -0.259. The summed E-state index contributed by atoms with van der Waals surface area (Å²) in [5, 5.41) is 8.79. The van der Waals surface area contributed by atoms with Gasteiger partial charge in [0.05, 0.1) is 19.6 Å². The Labute approximate surface area is 67.1 Å². The topological polar surface area (TPSA) is 38.7 Å². The number of hydrogen-bond donors (Lipinski definition) is 1. The van der Waals surface area contributed by atoms with Gasteiger partial charge in [0.1, 0.15) is 6.10 Å². The zero-order chi connectivity index (χ0) is 9.19. The van der Waals surface area contributed by atoms with Crippen LogP contribution in [0.1, 0.15) is 6.42 Å². The van der Waals surface area contributed by atoms with Crippen molar-refractivity contribution >= 4 is 0 Å². The largest absolute Gasteiger partial charge is 0.393 e. The van der Waals surface area contributed by atoms with Gasteiger partial charge in [-0.1, -0.05) is 0 Å². The predicted molar refractivity (Wildman–Crippen MR) is 32.4 cm³/mol. The van der Waals surface area contributed by atoms with Crippen molar-refractivity contribution in [2.24, 2.45) is 0 Å². The average Bonchev–Trinajstić information content (AvgIpc) is 1.91. The second-order valence-electron chi connectivity index (χ2n) is 2.57. The Hall–Kier alpha value is -0.330. The third-order valence-electron chi connectivity index (χ3n) is 1.35. The number of rotatable bonds is 1. The molecule has 72 valence electrons. The molecule has 1 fully saturated rings. The van der Waals surface area contributed by atoms with Gasteiger partial charge in [-0.2, -0.15) is 13.2 Å².